The Labute approximate surface area is 74.9 Å². The highest BCUT2D eigenvalue weighted by molar-refractivity contribution is 5.59. The molecule has 1 aliphatic rings. The summed E-state index contributed by atoms with van der Waals surface area (Å²) in [6.45, 7) is 6.45. The molecule has 1 fully saturated rings. The van der Waals surface area contributed by atoms with E-state index < -0.39 is 0 Å². The van der Waals surface area contributed by atoms with Crippen molar-refractivity contribution in [3.05, 3.63) is 11.6 Å². The first-order valence-corrected chi connectivity index (χ1v) is 4.67. The zero-order valence-corrected chi connectivity index (χ0v) is 8.26. The molecule has 1 nitrogen and oxygen atoms in total. The second-order valence-corrected chi connectivity index (χ2v) is 4.42. The van der Waals surface area contributed by atoms with Gasteiger partial charge in [-0.2, -0.15) is 0 Å². The van der Waals surface area contributed by atoms with Crippen LogP contribution < -0.4 is 0 Å². The number of carbonyl (C=O) groups excluding carboxylic acids is 1. The fourth-order valence-corrected chi connectivity index (χ4v) is 1.63. The zero-order chi connectivity index (χ0) is 9.19. The summed E-state index contributed by atoms with van der Waals surface area (Å²) in [4.78, 5) is 10.5. The Kier molecular flexibility index (Phi) is 2.71. The zero-order valence-electron chi connectivity index (χ0n) is 8.26. The summed E-state index contributed by atoms with van der Waals surface area (Å²) in [6, 6.07) is 0. The van der Waals surface area contributed by atoms with E-state index in [1.165, 1.54) is 12.0 Å². The van der Waals surface area contributed by atoms with Crippen molar-refractivity contribution in [3.8, 4) is 0 Å². The Morgan fingerprint density at radius 3 is 2.67 bits per heavy atom. The molecule has 1 heteroatoms. The molecule has 12 heavy (non-hydrogen) atoms. The van der Waals surface area contributed by atoms with Gasteiger partial charge in [0.05, 0.1) is 0 Å². The maximum atomic E-state index is 10.5. The number of aldehydes is 1. The molecule has 1 saturated carbocycles. The third-order valence-electron chi connectivity index (χ3n) is 2.85. The lowest BCUT2D eigenvalue weighted by molar-refractivity contribution is -0.109. The van der Waals surface area contributed by atoms with Crippen molar-refractivity contribution in [1.29, 1.82) is 0 Å². The lowest BCUT2D eigenvalue weighted by atomic mass is 9.99. The van der Waals surface area contributed by atoms with Gasteiger partial charge in [0.1, 0.15) is 6.29 Å². The number of hydrogen-bond donors (Lipinski definition) is 0. The van der Waals surface area contributed by atoms with Gasteiger partial charge in [0.25, 0.3) is 0 Å². The Bertz CT molecular complexity index is 201. The van der Waals surface area contributed by atoms with Gasteiger partial charge < -0.3 is 4.79 Å². The minimum absolute atomic E-state index is 0.341. The van der Waals surface area contributed by atoms with Crippen molar-refractivity contribution in [3.63, 3.8) is 0 Å². The molecule has 0 bridgehead atoms. The molecule has 0 aromatic heterocycles. The van der Waals surface area contributed by atoms with E-state index in [0.29, 0.717) is 11.3 Å². The first kappa shape index (κ1) is 9.50. The average Bonchev–Trinajstić information content (AvgIpc) is 2.61. The van der Waals surface area contributed by atoms with Gasteiger partial charge in [-0.15, -0.1) is 0 Å². The highest BCUT2D eigenvalue weighted by atomic mass is 16.1. The number of hydrogen-bond acceptors (Lipinski definition) is 1. The van der Waals surface area contributed by atoms with Crippen molar-refractivity contribution in [2.45, 2.75) is 40.0 Å². The van der Waals surface area contributed by atoms with E-state index in [9.17, 15) is 4.79 Å². The summed E-state index contributed by atoms with van der Waals surface area (Å²) in [5.41, 5.74) is 1.72. The number of carbonyl (C=O) groups is 1. The summed E-state index contributed by atoms with van der Waals surface area (Å²) in [5, 5.41) is 0. The standard InChI is InChI=1S/C11H18O/c1-9(2)5-4-6-11(3)7-10(11)8-12/h5,8,10H,4,6-7H2,1-3H3/t10-,11+/m1/s1. The van der Waals surface area contributed by atoms with Crippen LogP contribution in [0.4, 0.5) is 0 Å². The molecule has 0 amide bonds. The molecule has 0 aromatic carbocycles. The molecule has 0 saturated heterocycles. The van der Waals surface area contributed by atoms with Crippen molar-refractivity contribution < 1.29 is 4.79 Å². The van der Waals surface area contributed by atoms with E-state index in [0.717, 1.165) is 19.1 Å². The SMILES string of the molecule is CC(C)=CCC[C@@]1(C)C[C@@H]1C=O. The van der Waals surface area contributed by atoms with Crippen molar-refractivity contribution in [1.82, 2.24) is 0 Å². The molecule has 0 aliphatic heterocycles. The van der Waals surface area contributed by atoms with Crippen LogP contribution in [0.1, 0.15) is 40.0 Å². The van der Waals surface area contributed by atoms with Crippen LogP contribution >= 0.6 is 0 Å². The Morgan fingerprint density at radius 2 is 2.25 bits per heavy atom. The van der Waals surface area contributed by atoms with Crippen molar-refractivity contribution in [2.24, 2.45) is 11.3 Å². The fraction of sp³-hybridized carbons (Fsp3) is 0.727. The quantitative estimate of drug-likeness (QED) is 0.463. The van der Waals surface area contributed by atoms with Crippen LogP contribution in [0.2, 0.25) is 0 Å². The molecule has 0 heterocycles. The topological polar surface area (TPSA) is 17.1 Å². The highest BCUT2D eigenvalue weighted by Gasteiger charge is 2.48. The van der Waals surface area contributed by atoms with Crippen LogP contribution in [-0.4, -0.2) is 6.29 Å². The lowest BCUT2D eigenvalue weighted by Gasteiger charge is -2.05. The highest BCUT2D eigenvalue weighted by Crippen LogP contribution is 2.54. The summed E-state index contributed by atoms with van der Waals surface area (Å²) in [7, 11) is 0. The first-order valence-electron chi connectivity index (χ1n) is 4.67. The predicted molar refractivity (Wildman–Crippen MR) is 50.9 cm³/mol. The summed E-state index contributed by atoms with van der Waals surface area (Å²) in [5.74, 6) is 0.350. The molecule has 68 valence electrons. The molecule has 1 rings (SSSR count). The lowest BCUT2D eigenvalue weighted by Crippen LogP contribution is -1.97. The molecule has 0 aromatic rings. The minimum Gasteiger partial charge on any atom is -0.303 e. The molecule has 1 aliphatic carbocycles. The Morgan fingerprint density at radius 1 is 1.58 bits per heavy atom. The van der Waals surface area contributed by atoms with E-state index in [4.69, 9.17) is 0 Å². The first-order chi connectivity index (χ1) is 5.58. The van der Waals surface area contributed by atoms with Gasteiger partial charge in [0.15, 0.2) is 0 Å². The van der Waals surface area contributed by atoms with E-state index in [-0.39, 0.29) is 0 Å². The van der Waals surface area contributed by atoms with E-state index in [2.05, 4.69) is 26.8 Å². The van der Waals surface area contributed by atoms with Crippen LogP contribution in [0, 0.1) is 11.3 Å². The molecule has 2 atom stereocenters. The van der Waals surface area contributed by atoms with E-state index in [1.807, 2.05) is 0 Å². The monoisotopic (exact) mass is 166 g/mol. The van der Waals surface area contributed by atoms with Crippen molar-refractivity contribution >= 4 is 6.29 Å². The fourth-order valence-electron chi connectivity index (χ4n) is 1.63. The smallest absolute Gasteiger partial charge is 0.123 e. The summed E-state index contributed by atoms with van der Waals surface area (Å²) < 4.78 is 0. The predicted octanol–water partition coefficient (Wildman–Crippen LogP) is 2.96. The molecule has 0 unspecified atom stereocenters. The molecular weight excluding hydrogens is 148 g/mol. The number of rotatable bonds is 4. The van der Waals surface area contributed by atoms with Crippen LogP contribution in [-0.2, 0) is 4.79 Å². The van der Waals surface area contributed by atoms with Crippen LogP contribution in [0.15, 0.2) is 11.6 Å². The maximum absolute atomic E-state index is 10.5. The molecule has 0 N–H and O–H groups in total. The Balaban J connectivity index is 2.25. The maximum Gasteiger partial charge on any atom is 0.123 e. The van der Waals surface area contributed by atoms with E-state index >= 15 is 0 Å². The summed E-state index contributed by atoms with van der Waals surface area (Å²) in [6.07, 6.45) is 6.77. The number of allylic oxidation sites excluding steroid dienone is 2. The summed E-state index contributed by atoms with van der Waals surface area (Å²) >= 11 is 0. The normalized spacial score (nSPS) is 32.8. The molecule has 0 radical (unpaired) electrons. The van der Waals surface area contributed by atoms with Gasteiger partial charge in [0, 0.05) is 5.92 Å². The third kappa shape index (κ3) is 2.20. The van der Waals surface area contributed by atoms with Crippen LogP contribution in [0.25, 0.3) is 0 Å². The largest absolute Gasteiger partial charge is 0.303 e. The Hall–Kier alpha value is -0.590. The van der Waals surface area contributed by atoms with Gasteiger partial charge in [-0.1, -0.05) is 18.6 Å². The van der Waals surface area contributed by atoms with Gasteiger partial charge in [0.2, 0.25) is 0 Å². The van der Waals surface area contributed by atoms with Crippen LogP contribution in [0.5, 0.6) is 0 Å². The molecule has 0 spiro atoms. The minimum atomic E-state index is 0.341. The van der Waals surface area contributed by atoms with Gasteiger partial charge >= 0.3 is 0 Å². The average molecular weight is 166 g/mol. The third-order valence-corrected chi connectivity index (χ3v) is 2.85. The van der Waals surface area contributed by atoms with Gasteiger partial charge in [-0.05, 0) is 38.5 Å². The van der Waals surface area contributed by atoms with E-state index in [1.54, 1.807) is 0 Å². The van der Waals surface area contributed by atoms with Crippen molar-refractivity contribution in [2.75, 3.05) is 0 Å². The van der Waals surface area contributed by atoms with Gasteiger partial charge in [-0.25, -0.2) is 0 Å². The van der Waals surface area contributed by atoms with Gasteiger partial charge in [-0.3, -0.25) is 0 Å². The molecular formula is C11H18O. The van der Waals surface area contributed by atoms with Crippen LogP contribution in [0.3, 0.4) is 0 Å². The second-order valence-electron chi connectivity index (χ2n) is 4.42. The second kappa shape index (κ2) is 3.42.